The van der Waals surface area contributed by atoms with Crippen LogP contribution in [-0.2, 0) is 35.8 Å². The van der Waals surface area contributed by atoms with E-state index < -0.39 is 28.3 Å². The Hall–Kier alpha value is -1.78. The Bertz CT molecular complexity index is 667. The lowest BCUT2D eigenvalue weighted by atomic mass is 10.1. The zero-order valence-corrected chi connectivity index (χ0v) is 14.5. The number of hydrogen-bond donors (Lipinski definition) is 0. The smallest absolute Gasteiger partial charge is 0.444 e. The van der Waals surface area contributed by atoms with E-state index in [1.807, 2.05) is 0 Å². The number of carbonyl (C=O) groups is 1. The average Bonchev–Trinajstić information content (AvgIpc) is 2.71. The van der Waals surface area contributed by atoms with Gasteiger partial charge in [-0.15, -0.1) is 0 Å². The van der Waals surface area contributed by atoms with Crippen molar-refractivity contribution in [1.29, 1.82) is 0 Å². The average molecular weight is 369 g/mol. The molecule has 0 bridgehead atoms. The fourth-order valence-corrected chi connectivity index (χ4v) is 2.64. The van der Waals surface area contributed by atoms with Crippen LogP contribution in [0.4, 0.5) is 18.0 Å². The van der Waals surface area contributed by atoms with Crippen molar-refractivity contribution in [1.82, 2.24) is 14.7 Å². The monoisotopic (exact) mass is 369 g/mol. The SMILES string of the molecule is Cn1nc2c(c1OS(=O)C(F)(F)F)CCN(C(=O)OC(C)(C)C)C2. The van der Waals surface area contributed by atoms with Gasteiger partial charge in [-0.1, -0.05) is 0 Å². The van der Waals surface area contributed by atoms with E-state index >= 15 is 0 Å². The molecule has 1 aliphatic rings. The second-order valence-corrected chi connectivity index (χ2v) is 7.37. The van der Waals surface area contributed by atoms with Crippen LogP contribution >= 0.6 is 0 Å². The topological polar surface area (TPSA) is 73.7 Å². The predicted molar refractivity (Wildman–Crippen MR) is 78.4 cm³/mol. The summed E-state index contributed by atoms with van der Waals surface area (Å²) in [6, 6.07) is 0. The number of amides is 1. The summed E-state index contributed by atoms with van der Waals surface area (Å²) in [5.41, 5.74) is -4.83. The number of ether oxygens (including phenoxy) is 1. The number of hydrogen-bond acceptors (Lipinski definition) is 5. The molecule has 0 saturated carbocycles. The maximum atomic E-state index is 12.4. The highest BCUT2D eigenvalue weighted by atomic mass is 32.2. The van der Waals surface area contributed by atoms with Crippen LogP contribution in [0.15, 0.2) is 0 Å². The minimum absolute atomic E-state index is 0.0834. The Morgan fingerprint density at radius 3 is 2.46 bits per heavy atom. The summed E-state index contributed by atoms with van der Waals surface area (Å²) >= 11 is -3.47. The van der Waals surface area contributed by atoms with Gasteiger partial charge in [-0.2, -0.15) is 18.3 Å². The van der Waals surface area contributed by atoms with Crippen LogP contribution in [0.25, 0.3) is 0 Å². The highest BCUT2D eigenvalue weighted by Crippen LogP contribution is 2.31. The molecule has 0 aromatic carbocycles. The van der Waals surface area contributed by atoms with Gasteiger partial charge >= 0.3 is 22.7 Å². The highest BCUT2D eigenvalue weighted by molar-refractivity contribution is 7.81. The van der Waals surface area contributed by atoms with Crippen LogP contribution in [0.3, 0.4) is 0 Å². The number of rotatable bonds is 2. The van der Waals surface area contributed by atoms with Crippen LogP contribution in [0.5, 0.6) is 5.88 Å². The fraction of sp³-hybridized carbons (Fsp3) is 0.692. The Morgan fingerprint density at radius 1 is 1.29 bits per heavy atom. The van der Waals surface area contributed by atoms with E-state index in [0.717, 1.165) is 4.68 Å². The summed E-state index contributed by atoms with van der Waals surface area (Å²) in [6.45, 7) is 5.53. The van der Waals surface area contributed by atoms with Gasteiger partial charge in [0.15, 0.2) is 0 Å². The third-order valence-electron chi connectivity index (χ3n) is 3.14. The van der Waals surface area contributed by atoms with E-state index in [1.54, 1.807) is 20.8 Å². The van der Waals surface area contributed by atoms with Gasteiger partial charge in [0.1, 0.15) is 5.60 Å². The van der Waals surface area contributed by atoms with Gasteiger partial charge < -0.3 is 13.8 Å². The minimum Gasteiger partial charge on any atom is -0.444 e. The molecule has 1 unspecified atom stereocenters. The van der Waals surface area contributed by atoms with E-state index in [2.05, 4.69) is 9.28 Å². The van der Waals surface area contributed by atoms with Crippen molar-refractivity contribution in [2.24, 2.45) is 7.05 Å². The van der Waals surface area contributed by atoms with Crippen molar-refractivity contribution in [2.75, 3.05) is 6.54 Å². The van der Waals surface area contributed by atoms with E-state index in [1.165, 1.54) is 11.9 Å². The van der Waals surface area contributed by atoms with Crippen LogP contribution < -0.4 is 4.18 Å². The molecule has 0 fully saturated rings. The minimum atomic E-state index is -4.98. The summed E-state index contributed by atoms with van der Waals surface area (Å²) in [6.07, 6.45) is -0.299. The Balaban J connectivity index is 2.16. The molecule has 0 N–H and O–H groups in total. The number of carbonyl (C=O) groups excluding carboxylic acids is 1. The molecule has 0 aliphatic carbocycles. The third-order valence-corrected chi connectivity index (χ3v) is 3.83. The number of nitrogens with zero attached hydrogens (tertiary/aromatic N) is 3. The van der Waals surface area contributed by atoms with Crippen LogP contribution in [0.1, 0.15) is 32.0 Å². The molecule has 1 amide bonds. The molecule has 24 heavy (non-hydrogen) atoms. The van der Waals surface area contributed by atoms with Gasteiger partial charge in [-0.3, -0.25) is 0 Å². The first-order chi connectivity index (χ1) is 10.9. The standard InChI is InChI=1S/C13H18F3N3O4S/c1-12(2,3)22-11(20)19-6-5-8-9(7-19)17-18(4)10(8)23-24(21)13(14,15)16/h5-7H2,1-4H3. The fourth-order valence-electron chi connectivity index (χ4n) is 2.20. The van der Waals surface area contributed by atoms with Gasteiger partial charge in [0.25, 0.3) is 0 Å². The number of aryl methyl sites for hydroxylation is 1. The molecule has 1 atom stereocenters. The number of halogens is 3. The van der Waals surface area contributed by atoms with E-state index in [9.17, 15) is 22.2 Å². The quantitative estimate of drug-likeness (QED) is 0.800. The molecule has 1 aliphatic heterocycles. The lowest BCUT2D eigenvalue weighted by Gasteiger charge is -2.29. The van der Waals surface area contributed by atoms with Crippen molar-refractivity contribution in [3.05, 3.63) is 11.3 Å². The van der Waals surface area contributed by atoms with Gasteiger partial charge in [-0.25, -0.2) is 13.7 Å². The molecule has 1 aromatic rings. The van der Waals surface area contributed by atoms with Gasteiger partial charge in [0.2, 0.25) is 5.88 Å². The number of fused-ring (bicyclic) bond motifs is 1. The maximum absolute atomic E-state index is 12.4. The highest BCUT2D eigenvalue weighted by Gasteiger charge is 2.41. The molecular formula is C13H18F3N3O4S. The predicted octanol–water partition coefficient (Wildman–Crippen LogP) is 2.28. The lowest BCUT2D eigenvalue weighted by Crippen LogP contribution is -2.39. The molecule has 7 nitrogen and oxygen atoms in total. The molecule has 1 aromatic heterocycles. The first-order valence-electron chi connectivity index (χ1n) is 7.08. The van der Waals surface area contributed by atoms with Crippen molar-refractivity contribution >= 4 is 17.2 Å². The lowest BCUT2D eigenvalue weighted by molar-refractivity contribution is -0.0439. The van der Waals surface area contributed by atoms with E-state index in [-0.39, 0.29) is 25.4 Å². The summed E-state index contributed by atoms with van der Waals surface area (Å²) in [7, 11) is 1.39. The van der Waals surface area contributed by atoms with Crippen LogP contribution in [0.2, 0.25) is 0 Å². The molecule has 2 rings (SSSR count). The molecular weight excluding hydrogens is 351 g/mol. The first kappa shape index (κ1) is 18.6. The Labute approximate surface area is 139 Å². The molecule has 0 spiro atoms. The number of alkyl halides is 3. The molecule has 11 heteroatoms. The third kappa shape index (κ3) is 4.19. The summed E-state index contributed by atoms with van der Waals surface area (Å²) in [5, 5.41) is 4.06. The van der Waals surface area contributed by atoms with Crippen LogP contribution in [0, 0.1) is 0 Å². The summed E-state index contributed by atoms with van der Waals surface area (Å²) in [4.78, 5) is 13.5. The van der Waals surface area contributed by atoms with Gasteiger partial charge in [-0.05, 0) is 27.2 Å². The van der Waals surface area contributed by atoms with Crippen molar-refractivity contribution in [3.63, 3.8) is 0 Å². The summed E-state index contributed by atoms with van der Waals surface area (Å²) in [5.74, 6) is -0.204. The molecule has 0 saturated heterocycles. The summed E-state index contributed by atoms with van der Waals surface area (Å²) < 4.78 is 59.2. The normalized spacial score (nSPS) is 16.5. The largest absolute Gasteiger partial charge is 0.508 e. The Morgan fingerprint density at radius 2 is 1.92 bits per heavy atom. The zero-order valence-electron chi connectivity index (χ0n) is 13.6. The molecule has 0 radical (unpaired) electrons. The molecule has 136 valence electrons. The Kier molecular flexibility index (Phi) is 4.84. The van der Waals surface area contributed by atoms with Gasteiger partial charge in [0, 0.05) is 19.2 Å². The second-order valence-electron chi connectivity index (χ2n) is 6.27. The van der Waals surface area contributed by atoms with Crippen molar-refractivity contribution < 1.29 is 31.1 Å². The second kappa shape index (κ2) is 6.26. The van der Waals surface area contributed by atoms with E-state index in [0.29, 0.717) is 11.3 Å². The number of aromatic nitrogens is 2. The van der Waals surface area contributed by atoms with Gasteiger partial charge in [0.05, 0.1) is 12.2 Å². The van der Waals surface area contributed by atoms with E-state index in [4.69, 9.17) is 4.74 Å². The maximum Gasteiger partial charge on any atom is 0.508 e. The van der Waals surface area contributed by atoms with Crippen molar-refractivity contribution in [3.8, 4) is 5.88 Å². The van der Waals surface area contributed by atoms with Crippen LogP contribution in [-0.4, -0.2) is 42.6 Å². The van der Waals surface area contributed by atoms with Crippen molar-refractivity contribution in [2.45, 2.75) is 44.8 Å². The first-order valence-corrected chi connectivity index (χ1v) is 8.15. The molecule has 2 heterocycles. The zero-order chi connectivity index (χ0) is 18.3.